The Morgan fingerprint density at radius 1 is 1.35 bits per heavy atom. The van der Waals surface area contributed by atoms with Gasteiger partial charge in [-0.1, -0.05) is 29.8 Å². The molecule has 118 valence electrons. The number of halogens is 1. The topological polar surface area (TPSA) is 70.9 Å². The van der Waals surface area contributed by atoms with Crippen molar-refractivity contribution in [3.63, 3.8) is 0 Å². The maximum Gasteiger partial charge on any atom is 0.272 e. The average Bonchev–Trinajstić information content (AvgIpc) is 3.14. The molecule has 8 heteroatoms. The lowest BCUT2D eigenvalue weighted by atomic mass is 9.81. The van der Waals surface area contributed by atoms with Crippen molar-refractivity contribution in [3.05, 3.63) is 52.0 Å². The van der Waals surface area contributed by atoms with Crippen molar-refractivity contribution in [2.24, 2.45) is 9.98 Å². The van der Waals surface area contributed by atoms with Gasteiger partial charge < -0.3 is 0 Å². The van der Waals surface area contributed by atoms with Gasteiger partial charge in [0.05, 0.1) is 10.7 Å². The largest absolute Gasteiger partial charge is 0.272 e. The van der Waals surface area contributed by atoms with E-state index in [1.54, 1.807) is 29.8 Å². The van der Waals surface area contributed by atoms with Gasteiger partial charge in [-0.15, -0.1) is 11.3 Å². The number of hydrogen-bond donors (Lipinski definition) is 1. The van der Waals surface area contributed by atoms with E-state index in [2.05, 4.69) is 14.7 Å². The van der Waals surface area contributed by atoms with Gasteiger partial charge >= 0.3 is 0 Å². The first-order chi connectivity index (χ1) is 11.0. The smallest absolute Gasteiger partial charge is 0.266 e. The van der Waals surface area contributed by atoms with Crippen LogP contribution in [0.4, 0.5) is 0 Å². The Kier molecular flexibility index (Phi) is 3.33. The van der Waals surface area contributed by atoms with Crippen molar-refractivity contribution >= 4 is 45.0 Å². The number of nitrogens with zero attached hydrogens (tertiary/aromatic N) is 2. The third-order valence-corrected chi connectivity index (χ3v) is 7.14. The summed E-state index contributed by atoms with van der Waals surface area (Å²) in [5.41, 5.74) is 0.881. The van der Waals surface area contributed by atoms with E-state index in [1.807, 2.05) is 12.2 Å². The standard InChI is InChI=1S/C15H12ClN3O2S2/c16-11-6-7-17-12-4-1-3-10-9-13(18-15(10,11)12)19-23(20,21)14-5-2-8-22-14/h2-8H,1,9H2,(H,18,19). The quantitative estimate of drug-likeness (QED) is 0.818. The molecule has 3 aliphatic rings. The molecule has 0 saturated heterocycles. The molecule has 5 nitrogen and oxygen atoms in total. The number of aliphatic imine (C=N–C) groups is 2. The first kappa shape index (κ1) is 14.9. The maximum absolute atomic E-state index is 12.4. The van der Waals surface area contributed by atoms with Crippen molar-refractivity contribution < 1.29 is 8.42 Å². The van der Waals surface area contributed by atoms with E-state index in [-0.39, 0.29) is 4.21 Å². The Bertz CT molecular complexity index is 924. The Hall–Kier alpha value is -1.70. The maximum atomic E-state index is 12.4. The van der Waals surface area contributed by atoms with Crippen LogP contribution in [0.3, 0.4) is 0 Å². The first-order valence-electron chi connectivity index (χ1n) is 6.98. The predicted molar refractivity (Wildman–Crippen MR) is 92.6 cm³/mol. The first-order valence-corrected chi connectivity index (χ1v) is 9.72. The molecular weight excluding hydrogens is 354 g/mol. The summed E-state index contributed by atoms with van der Waals surface area (Å²) < 4.78 is 27.7. The zero-order valence-electron chi connectivity index (χ0n) is 11.9. The molecule has 4 rings (SSSR count). The number of nitrogens with one attached hydrogen (secondary N) is 1. The SMILES string of the molecule is O=S(=O)(NC1=NC23C(Cl)=CC=NC2=CCC=C3C1)c1cccs1. The van der Waals surface area contributed by atoms with Crippen molar-refractivity contribution in [1.82, 2.24) is 4.72 Å². The van der Waals surface area contributed by atoms with Crippen molar-refractivity contribution in [2.75, 3.05) is 0 Å². The number of sulfonamides is 1. The summed E-state index contributed by atoms with van der Waals surface area (Å²) >= 11 is 7.59. The molecule has 1 aromatic heterocycles. The molecule has 0 saturated carbocycles. The number of amidine groups is 1. The van der Waals surface area contributed by atoms with Gasteiger partial charge in [-0.05, 0) is 29.5 Å². The van der Waals surface area contributed by atoms with Crippen LogP contribution in [0.1, 0.15) is 12.8 Å². The summed E-state index contributed by atoms with van der Waals surface area (Å²) in [6.45, 7) is 0. The van der Waals surface area contributed by atoms with E-state index in [0.29, 0.717) is 17.3 Å². The third-order valence-electron chi connectivity index (χ3n) is 3.96. The second kappa shape index (κ2) is 5.15. The Labute approximate surface area is 142 Å². The third kappa shape index (κ3) is 2.22. The Morgan fingerprint density at radius 2 is 2.22 bits per heavy atom. The fourth-order valence-corrected chi connectivity index (χ4v) is 5.33. The van der Waals surface area contributed by atoms with Crippen molar-refractivity contribution in [3.8, 4) is 0 Å². The molecule has 0 bridgehead atoms. The molecule has 0 radical (unpaired) electrons. The van der Waals surface area contributed by atoms with Crippen LogP contribution >= 0.6 is 22.9 Å². The van der Waals surface area contributed by atoms with E-state index in [0.717, 1.165) is 17.7 Å². The molecule has 1 atom stereocenters. The summed E-state index contributed by atoms with van der Waals surface area (Å²) in [5.74, 6) is 0.390. The fourth-order valence-electron chi connectivity index (χ4n) is 2.98. The molecule has 1 N–H and O–H groups in total. The van der Waals surface area contributed by atoms with Gasteiger partial charge in [0.25, 0.3) is 10.0 Å². The zero-order chi connectivity index (χ0) is 16.1. The Balaban J connectivity index is 1.74. The Morgan fingerprint density at radius 3 is 3.00 bits per heavy atom. The van der Waals surface area contributed by atoms with Crippen LogP contribution in [0, 0.1) is 0 Å². The van der Waals surface area contributed by atoms with E-state index in [1.165, 1.54) is 11.3 Å². The van der Waals surface area contributed by atoms with Crippen LogP contribution in [-0.4, -0.2) is 26.0 Å². The second-order valence-electron chi connectivity index (χ2n) is 5.33. The van der Waals surface area contributed by atoms with Gasteiger partial charge in [-0.25, -0.2) is 13.4 Å². The predicted octanol–water partition coefficient (Wildman–Crippen LogP) is 2.99. The van der Waals surface area contributed by atoms with Crippen LogP contribution in [0.2, 0.25) is 0 Å². The minimum absolute atomic E-state index is 0.264. The van der Waals surface area contributed by atoms with Gasteiger partial charge in [0.2, 0.25) is 0 Å². The van der Waals surface area contributed by atoms with Crippen LogP contribution < -0.4 is 4.72 Å². The number of dihydropyridines is 1. The summed E-state index contributed by atoms with van der Waals surface area (Å²) in [6.07, 6.45) is 8.52. The van der Waals surface area contributed by atoms with Crippen molar-refractivity contribution in [1.29, 1.82) is 0 Å². The molecule has 3 heterocycles. The molecule has 0 fully saturated rings. The average molecular weight is 366 g/mol. The number of rotatable bonds is 2. The normalized spacial score (nSPS) is 25.8. The molecular formula is C15H12ClN3O2S2. The van der Waals surface area contributed by atoms with Gasteiger partial charge in [0, 0.05) is 12.6 Å². The minimum atomic E-state index is -3.61. The van der Waals surface area contributed by atoms with Crippen molar-refractivity contribution in [2.45, 2.75) is 22.6 Å². The molecule has 1 spiro atoms. The zero-order valence-corrected chi connectivity index (χ0v) is 14.2. The van der Waals surface area contributed by atoms with E-state index < -0.39 is 15.6 Å². The number of thiophene rings is 1. The number of allylic oxidation sites excluding steroid dienone is 3. The van der Waals surface area contributed by atoms with E-state index in [9.17, 15) is 8.42 Å². The van der Waals surface area contributed by atoms with Gasteiger partial charge in [0.1, 0.15) is 10.0 Å². The molecule has 1 unspecified atom stereocenters. The second-order valence-corrected chi connectivity index (χ2v) is 8.59. The lowest BCUT2D eigenvalue weighted by molar-refractivity contribution is 0.594. The molecule has 1 aliphatic carbocycles. The highest BCUT2D eigenvalue weighted by Crippen LogP contribution is 2.48. The number of hydrogen-bond acceptors (Lipinski definition) is 5. The summed E-state index contributed by atoms with van der Waals surface area (Å²) in [6, 6.07) is 3.27. The highest BCUT2D eigenvalue weighted by Gasteiger charge is 2.48. The summed E-state index contributed by atoms with van der Waals surface area (Å²) in [7, 11) is -3.61. The minimum Gasteiger partial charge on any atom is -0.266 e. The van der Waals surface area contributed by atoms with Gasteiger partial charge in [0.15, 0.2) is 5.54 Å². The molecule has 1 aromatic rings. The lowest BCUT2D eigenvalue weighted by Gasteiger charge is -2.32. The molecule has 23 heavy (non-hydrogen) atoms. The van der Waals surface area contributed by atoms with Crippen LogP contribution in [0.25, 0.3) is 0 Å². The highest BCUT2D eigenvalue weighted by molar-refractivity contribution is 7.92. The highest BCUT2D eigenvalue weighted by atomic mass is 35.5. The van der Waals surface area contributed by atoms with Gasteiger partial charge in [-0.2, -0.15) is 0 Å². The van der Waals surface area contributed by atoms with E-state index >= 15 is 0 Å². The van der Waals surface area contributed by atoms with E-state index in [4.69, 9.17) is 11.6 Å². The van der Waals surface area contributed by atoms with Crippen LogP contribution in [0.15, 0.2) is 66.2 Å². The summed E-state index contributed by atoms with van der Waals surface area (Å²) in [4.78, 5) is 8.99. The molecule has 0 amide bonds. The monoisotopic (exact) mass is 365 g/mol. The fraction of sp³-hybridized carbons (Fsp3) is 0.200. The van der Waals surface area contributed by atoms with Crippen LogP contribution in [0.5, 0.6) is 0 Å². The van der Waals surface area contributed by atoms with Crippen LogP contribution in [-0.2, 0) is 10.0 Å². The molecule has 0 aromatic carbocycles. The summed E-state index contributed by atoms with van der Waals surface area (Å²) in [5, 5.41) is 2.26. The lowest BCUT2D eigenvalue weighted by Crippen LogP contribution is -2.32. The van der Waals surface area contributed by atoms with Gasteiger partial charge in [-0.3, -0.25) is 9.71 Å². The molecule has 2 aliphatic heterocycles.